The zero-order valence-corrected chi connectivity index (χ0v) is 18.0. The van der Waals surface area contributed by atoms with Crippen LogP contribution in [0.1, 0.15) is 38.8 Å². The molecular formula is C26H28O4. The van der Waals surface area contributed by atoms with Gasteiger partial charge in [-0.15, -0.1) is 0 Å². The third-order valence-corrected chi connectivity index (χ3v) is 4.88. The maximum Gasteiger partial charge on any atom is 0.324 e. The maximum absolute atomic E-state index is 13.1. The molecule has 0 saturated carbocycles. The minimum atomic E-state index is -1.44. The van der Waals surface area contributed by atoms with Gasteiger partial charge >= 0.3 is 11.9 Å². The highest BCUT2D eigenvalue weighted by molar-refractivity contribution is 6.00. The first-order chi connectivity index (χ1) is 14.2. The summed E-state index contributed by atoms with van der Waals surface area (Å²) in [4.78, 5) is 26.1. The van der Waals surface area contributed by atoms with E-state index in [1.54, 1.807) is 27.7 Å². The Kier molecular flexibility index (Phi) is 6.25. The molecule has 0 bridgehead atoms. The van der Waals surface area contributed by atoms with E-state index >= 15 is 0 Å². The molecule has 0 aliphatic carbocycles. The summed E-state index contributed by atoms with van der Waals surface area (Å²) in [5.74, 6) is -1.17. The first kappa shape index (κ1) is 21.6. The standard InChI is InChI=1S/C26H28O4/c1-25(2,3)30-24(28)26(4,17-19-10-6-5-7-11-19)23(27)29-18-20-14-15-21-12-8-9-13-22(21)16-20/h5-16H,17-18H2,1-4H3/t26-/m0/s1. The Labute approximate surface area is 177 Å². The molecule has 3 aromatic carbocycles. The van der Waals surface area contributed by atoms with E-state index in [1.807, 2.05) is 72.8 Å². The Morgan fingerprint density at radius 1 is 0.733 bits per heavy atom. The van der Waals surface area contributed by atoms with Crippen LogP contribution < -0.4 is 0 Å². The molecule has 0 spiro atoms. The summed E-state index contributed by atoms with van der Waals surface area (Å²) in [6, 6.07) is 23.3. The Morgan fingerprint density at radius 2 is 1.37 bits per heavy atom. The minimum Gasteiger partial charge on any atom is -0.460 e. The Morgan fingerprint density at radius 3 is 2.03 bits per heavy atom. The number of carbonyl (C=O) groups excluding carboxylic acids is 2. The van der Waals surface area contributed by atoms with Gasteiger partial charge in [0.1, 0.15) is 12.2 Å². The second kappa shape index (κ2) is 8.70. The lowest BCUT2D eigenvalue weighted by molar-refractivity contribution is -0.179. The van der Waals surface area contributed by atoms with Crippen LogP contribution >= 0.6 is 0 Å². The van der Waals surface area contributed by atoms with Gasteiger partial charge < -0.3 is 9.47 Å². The smallest absolute Gasteiger partial charge is 0.324 e. The van der Waals surface area contributed by atoms with Gasteiger partial charge in [0.05, 0.1) is 0 Å². The van der Waals surface area contributed by atoms with Crippen molar-refractivity contribution in [3.05, 3.63) is 83.9 Å². The molecule has 156 valence electrons. The van der Waals surface area contributed by atoms with Crippen LogP contribution in [0, 0.1) is 5.41 Å². The fourth-order valence-corrected chi connectivity index (χ4v) is 3.26. The van der Waals surface area contributed by atoms with Gasteiger partial charge in [-0.1, -0.05) is 66.7 Å². The molecule has 0 aromatic heterocycles. The lowest BCUT2D eigenvalue weighted by Crippen LogP contribution is -2.44. The molecule has 1 atom stereocenters. The number of hydrogen-bond donors (Lipinski definition) is 0. The average molecular weight is 405 g/mol. The zero-order chi connectivity index (χ0) is 21.8. The molecule has 4 nitrogen and oxygen atoms in total. The summed E-state index contributed by atoms with van der Waals surface area (Å²) in [5, 5.41) is 2.19. The van der Waals surface area contributed by atoms with Crippen molar-refractivity contribution in [2.75, 3.05) is 0 Å². The molecule has 0 amide bonds. The van der Waals surface area contributed by atoms with Crippen LogP contribution in [-0.2, 0) is 32.1 Å². The summed E-state index contributed by atoms with van der Waals surface area (Å²) in [5.41, 5.74) is -0.402. The SMILES string of the molecule is CC(C)(C)OC(=O)[C@@](C)(Cc1ccccc1)C(=O)OCc1ccc2ccccc2c1. The van der Waals surface area contributed by atoms with E-state index in [0.29, 0.717) is 0 Å². The topological polar surface area (TPSA) is 52.6 Å². The minimum absolute atomic E-state index is 0.0941. The number of fused-ring (bicyclic) bond motifs is 1. The van der Waals surface area contributed by atoms with Gasteiger partial charge in [-0.3, -0.25) is 9.59 Å². The summed E-state index contributed by atoms with van der Waals surface area (Å²) >= 11 is 0. The van der Waals surface area contributed by atoms with E-state index in [-0.39, 0.29) is 13.0 Å². The monoisotopic (exact) mass is 404 g/mol. The van der Waals surface area contributed by atoms with Gasteiger partial charge in [0.2, 0.25) is 0 Å². The van der Waals surface area contributed by atoms with Gasteiger partial charge in [-0.05, 0) is 62.1 Å². The second-order valence-electron chi connectivity index (χ2n) is 8.75. The van der Waals surface area contributed by atoms with Crippen LogP contribution in [0.15, 0.2) is 72.8 Å². The fraction of sp³-hybridized carbons (Fsp3) is 0.308. The quantitative estimate of drug-likeness (QED) is 0.404. The van der Waals surface area contributed by atoms with Crippen molar-refractivity contribution >= 4 is 22.7 Å². The Hall–Kier alpha value is -3.14. The predicted molar refractivity (Wildman–Crippen MR) is 118 cm³/mol. The summed E-state index contributed by atoms with van der Waals surface area (Å²) < 4.78 is 11.2. The van der Waals surface area contributed by atoms with Crippen LogP contribution in [-0.4, -0.2) is 17.5 Å². The predicted octanol–water partition coefficient (Wildman–Crippen LogP) is 5.47. The normalized spacial score (nSPS) is 13.5. The van der Waals surface area contributed by atoms with Gasteiger partial charge in [0.15, 0.2) is 5.41 Å². The molecular weight excluding hydrogens is 376 g/mol. The van der Waals surface area contributed by atoms with Gasteiger partial charge in [0, 0.05) is 0 Å². The molecule has 0 aliphatic heterocycles. The highest BCUT2D eigenvalue weighted by atomic mass is 16.6. The van der Waals surface area contributed by atoms with Crippen molar-refractivity contribution in [2.24, 2.45) is 5.41 Å². The molecule has 0 unspecified atom stereocenters. The number of esters is 2. The number of rotatable bonds is 6. The molecule has 0 N–H and O–H groups in total. The number of ether oxygens (including phenoxy) is 2. The third-order valence-electron chi connectivity index (χ3n) is 4.88. The van der Waals surface area contributed by atoms with Crippen LogP contribution in [0.3, 0.4) is 0 Å². The molecule has 3 rings (SSSR count). The average Bonchev–Trinajstić information content (AvgIpc) is 2.71. The molecule has 0 fully saturated rings. The largest absolute Gasteiger partial charge is 0.460 e. The van der Waals surface area contributed by atoms with Crippen molar-refractivity contribution in [2.45, 2.75) is 46.3 Å². The summed E-state index contributed by atoms with van der Waals surface area (Å²) in [7, 11) is 0. The maximum atomic E-state index is 13.1. The highest BCUT2D eigenvalue weighted by Gasteiger charge is 2.46. The van der Waals surface area contributed by atoms with Crippen LogP contribution in [0.4, 0.5) is 0 Å². The summed E-state index contributed by atoms with van der Waals surface area (Å²) in [6.07, 6.45) is 0.208. The van der Waals surface area contributed by atoms with Crippen LogP contribution in [0.25, 0.3) is 10.8 Å². The first-order valence-electron chi connectivity index (χ1n) is 10.1. The number of benzene rings is 3. The van der Waals surface area contributed by atoms with E-state index in [9.17, 15) is 9.59 Å². The fourth-order valence-electron chi connectivity index (χ4n) is 3.26. The van der Waals surface area contributed by atoms with E-state index in [1.165, 1.54) is 0 Å². The van der Waals surface area contributed by atoms with E-state index in [2.05, 4.69) is 0 Å². The molecule has 0 radical (unpaired) electrons. The molecule has 0 saturated heterocycles. The van der Waals surface area contributed by atoms with Crippen LogP contribution in [0.5, 0.6) is 0 Å². The lowest BCUT2D eigenvalue weighted by Gasteiger charge is -2.30. The summed E-state index contributed by atoms with van der Waals surface area (Å²) in [6.45, 7) is 7.05. The zero-order valence-electron chi connectivity index (χ0n) is 18.0. The molecule has 0 heterocycles. The van der Waals surface area contributed by atoms with Gasteiger partial charge in [0.25, 0.3) is 0 Å². The highest BCUT2D eigenvalue weighted by Crippen LogP contribution is 2.29. The van der Waals surface area contributed by atoms with E-state index in [4.69, 9.17) is 9.47 Å². The van der Waals surface area contributed by atoms with Crippen molar-refractivity contribution in [3.63, 3.8) is 0 Å². The van der Waals surface area contributed by atoms with Gasteiger partial charge in [-0.25, -0.2) is 0 Å². The number of carbonyl (C=O) groups is 2. The first-order valence-corrected chi connectivity index (χ1v) is 10.1. The lowest BCUT2D eigenvalue weighted by atomic mass is 9.83. The molecule has 4 heteroatoms. The molecule has 3 aromatic rings. The van der Waals surface area contributed by atoms with E-state index < -0.39 is 23.0 Å². The third kappa shape index (κ3) is 5.26. The molecule has 30 heavy (non-hydrogen) atoms. The number of hydrogen-bond acceptors (Lipinski definition) is 4. The van der Waals surface area contributed by atoms with Crippen molar-refractivity contribution in [1.82, 2.24) is 0 Å². The van der Waals surface area contributed by atoms with E-state index in [0.717, 1.165) is 21.9 Å². The van der Waals surface area contributed by atoms with Crippen LogP contribution in [0.2, 0.25) is 0 Å². The van der Waals surface area contributed by atoms with Crippen molar-refractivity contribution in [3.8, 4) is 0 Å². The van der Waals surface area contributed by atoms with Crippen molar-refractivity contribution < 1.29 is 19.1 Å². The second-order valence-corrected chi connectivity index (χ2v) is 8.75. The molecule has 0 aliphatic rings. The Bertz CT molecular complexity index is 1030. The van der Waals surface area contributed by atoms with Crippen molar-refractivity contribution in [1.29, 1.82) is 0 Å². The Balaban J connectivity index is 1.80. The van der Waals surface area contributed by atoms with Gasteiger partial charge in [-0.2, -0.15) is 0 Å².